The zero-order chi connectivity index (χ0) is 17.8. The molecule has 25 heavy (non-hydrogen) atoms. The Morgan fingerprint density at radius 1 is 1.36 bits per heavy atom. The van der Waals surface area contributed by atoms with Crippen LogP contribution in [0.25, 0.3) is 0 Å². The van der Waals surface area contributed by atoms with Gasteiger partial charge in [-0.15, -0.1) is 0 Å². The van der Waals surface area contributed by atoms with Gasteiger partial charge in [-0.2, -0.15) is 5.10 Å². The first-order valence-corrected chi connectivity index (χ1v) is 8.38. The molecule has 3 rings (SSSR count). The summed E-state index contributed by atoms with van der Waals surface area (Å²) in [6.07, 6.45) is 3.93. The summed E-state index contributed by atoms with van der Waals surface area (Å²) >= 11 is 0. The number of aromatic nitrogens is 2. The van der Waals surface area contributed by atoms with Crippen LogP contribution in [0.3, 0.4) is 0 Å². The van der Waals surface area contributed by atoms with Crippen LogP contribution < -0.4 is 10.6 Å². The van der Waals surface area contributed by atoms with Crippen molar-refractivity contribution < 1.29 is 9.59 Å². The number of rotatable bonds is 5. The van der Waals surface area contributed by atoms with E-state index in [4.69, 9.17) is 0 Å². The third-order valence-corrected chi connectivity index (χ3v) is 4.34. The number of benzene rings is 1. The van der Waals surface area contributed by atoms with Crippen LogP contribution in [-0.4, -0.2) is 39.2 Å². The number of hydrogen-bond donors (Lipinski definition) is 2. The van der Waals surface area contributed by atoms with E-state index < -0.39 is 0 Å². The van der Waals surface area contributed by atoms with Gasteiger partial charge in [0.2, 0.25) is 5.91 Å². The standard InChI is InChI=1S/C18H23N5O2/c1-13(15-9-19-22(2)11-15)20-18(25)21-16-8-17(24)23(12-16)10-14-6-4-3-5-7-14/h3-7,9,11,13,16H,8,10,12H2,1-2H3,(H2,20,21,25)/t13-,16-/m1/s1. The van der Waals surface area contributed by atoms with E-state index >= 15 is 0 Å². The summed E-state index contributed by atoms with van der Waals surface area (Å²) in [5.41, 5.74) is 2.03. The summed E-state index contributed by atoms with van der Waals surface area (Å²) in [4.78, 5) is 26.1. The molecule has 0 radical (unpaired) electrons. The molecule has 0 unspecified atom stereocenters. The Labute approximate surface area is 147 Å². The number of aryl methyl sites for hydroxylation is 1. The van der Waals surface area contributed by atoms with E-state index in [1.165, 1.54) is 0 Å². The molecule has 0 aliphatic carbocycles. The molecule has 0 spiro atoms. The molecule has 0 bridgehead atoms. The Morgan fingerprint density at radius 2 is 2.12 bits per heavy atom. The largest absolute Gasteiger partial charge is 0.336 e. The molecular formula is C18H23N5O2. The van der Waals surface area contributed by atoms with Crippen molar-refractivity contribution in [2.45, 2.75) is 32.0 Å². The summed E-state index contributed by atoms with van der Waals surface area (Å²) in [6.45, 7) is 3.01. The average molecular weight is 341 g/mol. The predicted molar refractivity (Wildman–Crippen MR) is 93.6 cm³/mol. The van der Waals surface area contributed by atoms with E-state index in [0.29, 0.717) is 19.5 Å². The van der Waals surface area contributed by atoms with Crippen molar-refractivity contribution in [2.75, 3.05) is 6.54 Å². The highest BCUT2D eigenvalue weighted by atomic mass is 16.2. The van der Waals surface area contributed by atoms with Crippen LogP contribution in [0.2, 0.25) is 0 Å². The maximum absolute atomic E-state index is 12.2. The van der Waals surface area contributed by atoms with Gasteiger partial charge in [0.25, 0.3) is 0 Å². The summed E-state index contributed by atoms with van der Waals surface area (Å²) in [5, 5.41) is 9.88. The van der Waals surface area contributed by atoms with Gasteiger partial charge in [0, 0.05) is 38.3 Å². The van der Waals surface area contributed by atoms with Gasteiger partial charge in [-0.05, 0) is 12.5 Å². The SMILES string of the molecule is C[C@@H](NC(=O)N[C@@H]1CC(=O)N(Cc2ccccc2)C1)c1cnn(C)c1. The van der Waals surface area contributed by atoms with Crippen molar-refractivity contribution in [2.24, 2.45) is 7.05 Å². The average Bonchev–Trinajstić information content (AvgIpc) is 3.14. The monoisotopic (exact) mass is 341 g/mol. The lowest BCUT2D eigenvalue weighted by atomic mass is 10.2. The quantitative estimate of drug-likeness (QED) is 0.867. The number of amides is 3. The van der Waals surface area contributed by atoms with Crippen LogP contribution in [0.1, 0.15) is 30.5 Å². The van der Waals surface area contributed by atoms with Gasteiger partial charge < -0.3 is 15.5 Å². The van der Waals surface area contributed by atoms with Gasteiger partial charge in [-0.25, -0.2) is 4.79 Å². The third kappa shape index (κ3) is 4.37. The lowest BCUT2D eigenvalue weighted by molar-refractivity contribution is -0.128. The Kier molecular flexibility index (Phi) is 5.02. The van der Waals surface area contributed by atoms with Gasteiger partial charge >= 0.3 is 6.03 Å². The minimum atomic E-state index is -0.268. The molecule has 1 aliphatic rings. The van der Waals surface area contributed by atoms with Crippen molar-refractivity contribution in [3.63, 3.8) is 0 Å². The first-order chi connectivity index (χ1) is 12.0. The maximum Gasteiger partial charge on any atom is 0.315 e. The van der Waals surface area contributed by atoms with Crippen molar-refractivity contribution >= 4 is 11.9 Å². The van der Waals surface area contributed by atoms with E-state index in [2.05, 4.69) is 15.7 Å². The Balaban J connectivity index is 1.50. The van der Waals surface area contributed by atoms with Crippen molar-refractivity contribution in [3.8, 4) is 0 Å². The first-order valence-electron chi connectivity index (χ1n) is 8.38. The number of carbonyl (C=O) groups is 2. The highest BCUT2D eigenvalue weighted by molar-refractivity contribution is 5.81. The molecule has 2 N–H and O–H groups in total. The van der Waals surface area contributed by atoms with Gasteiger partial charge in [0.05, 0.1) is 18.3 Å². The zero-order valence-electron chi connectivity index (χ0n) is 14.5. The molecule has 2 aromatic rings. The van der Waals surface area contributed by atoms with E-state index in [-0.39, 0.29) is 24.0 Å². The molecule has 1 aliphatic heterocycles. The van der Waals surface area contributed by atoms with Gasteiger partial charge in [-0.1, -0.05) is 30.3 Å². The van der Waals surface area contributed by atoms with Gasteiger partial charge in [0.15, 0.2) is 0 Å². The Bertz CT molecular complexity index is 743. The molecular weight excluding hydrogens is 318 g/mol. The molecule has 1 fully saturated rings. The van der Waals surface area contributed by atoms with Crippen molar-refractivity contribution in [1.82, 2.24) is 25.3 Å². The smallest absolute Gasteiger partial charge is 0.315 e. The Hall–Kier alpha value is -2.83. The normalized spacial score (nSPS) is 18.2. The van der Waals surface area contributed by atoms with Crippen LogP contribution >= 0.6 is 0 Å². The second kappa shape index (κ2) is 7.38. The summed E-state index contributed by atoms with van der Waals surface area (Å²) in [7, 11) is 1.84. The fourth-order valence-corrected chi connectivity index (χ4v) is 3.00. The number of nitrogens with one attached hydrogen (secondary N) is 2. The highest BCUT2D eigenvalue weighted by Gasteiger charge is 2.30. The number of likely N-dealkylation sites (tertiary alicyclic amines) is 1. The van der Waals surface area contributed by atoms with Crippen LogP contribution in [0, 0.1) is 0 Å². The molecule has 3 amide bonds. The summed E-state index contributed by atoms with van der Waals surface area (Å²) < 4.78 is 1.70. The van der Waals surface area contributed by atoms with Gasteiger partial charge in [-0.3, -0.25) is 9.48 Å². The van der Waals surface area contributed by atoms with Crippen molar-refractivity contribution in [1.29, 1.82) is 0 Å². The molecule has 2 heterocycles. The minimum absolute atomic E-state index is 0.0643. The van der Waals surface area contributed by atoms with Crippen LogP contribution in [0.5, 0.6) is 0 Å². The van der Waals surface area contributed by atoms with E-state index in [1.807, 2.05) is 50.5 Å². The molecule has 1 aromatic heterocycles. The van der Waals surface area contributed by atoms with Crippen LogP contribution in [-0.2, 0) is 18.4 Å². The number of carbonyl (C=O) groups excluding carboxylic acids is 2. The van der Waals surface area contributed by atoms with E-state index in [0.717, 1.165) is 11.1 Å². The lowest BCUT2D eigenvalue weighted by Crippen LogP contribution is -2.44. The van der Waals surface area contributed by atoms with E-state index in [1.54, 1.807) is 15.8 Å². The lowest BCUT2D eigenvalue weighted by Gasteiger charge is -2.18. The topological polar surface area (TPSA) is 79.3 Å². The molecule has 7 nitrogen and oxygen atoms in total. The third-order valence-electron chi connectivity index (χ3n) is 4.34. The first kappa shape index (κ1) is 17.0. The molecule has 1 aromatic carbocycles. The number of urea groups is 1. The minimum Gasteiger partial charge on any atom is -0.336 e. The summed E-state index contributed by atoms with van der Waals surface area (Å²) in [6, 6.07) is 9.27. The Morgan fingerprint density at radius 3 is 2.80 bits per heavy atom. The number of nitrogens with zero attached hydrogens (tertiary/aromatic N) is 3. The van der Waals surface area contributed by atoms with E-state index in [9.17, 15) is 9.59 Å². The molecule has 2 atom stereocenters. The fourth-order valence-electron chi connectivity index (χ4n) is 3.00. The number of hydrogen-bond acceptors (Lipinski definition) is 3. The van der Waals surface area contributed by atoms with Gasteiger partial charge in [0.1, 0.15) is 0 Å². The second-order valence-corrected chi connectivity index (χ2v) is 6.45. The fraction of sp³-hybridized carbons (Fsp3) is 0.389. The summed E-state index contributed by atoms with van der Waals surface area (Å²) in [5.74, 6) is 0.0643. The second-order valence-electron chi connectivity index (χ2n) is 6.45. The maximum atomic E-state index is 12.2. The van der Waals surface area contributed by atoms with Crippen LogP contribution in [0.15, 0.2) is 42.7 Å². The zero-order valence-corrected chi connectivity index (χ0v) is 14.5. The molecule has 132 valence electrons. The highest BCUT2D eigenvalue weighted by Crippen LogP contribution is 2.15. The molecule has 1 saturated heterocycles. The molecule has 0 saturated carbocycles. The van der Waals surface area contributed by atoms with Crippen molar-refractivity contribution in [3.05, 3.63) is 53.9 Å². The molecule has 7 heteroatoms. The predicted octanol–water partition coefficient (Wildman–Crippen LogP) is 1.58. The van der Waals surface area contributed by atoms with Crippen LogP contribution in [0.4, 0.5) is 4.79 Å².